The van der Waals surface area contributed by atoms with E-state index in [-0.39, 0.29) is 11.5 Å². The number of aromatic hydroxyl groups is 2. The van der Waals surface area contributed by atoms with E-state index >= 15 is 0 Å². The Morgan fingerprint density at radius 3 is 2.20 bits per heavy atom. The molecular formula is C54H53N3O3. The van der Waals surface area contributed by atoms with Crippen LogP contribution in [0.25, 0.3) is 38.7 Å². The predicted molar refractivity (Wildman–Crippen MR) is 244 cm³/mol. The Bertz CT molecular complexity index is 2660. The molecule has 0 radical (unpaired) electrons. The zero-order valence-corrected chi connectivity index (χ0v) is 34.3. The van der Waals surface area contributed by atoms with Gasteiger partial charge in [0.05, 0.1) is 26.0 Å². The first kappa shape index (κ1) is 39.2. The van der Waals surface area contributed by atoms with Crippen molar-refractivity contribution in [3.63, 3.8) is 0 Å². The van der Waals surface area contributed by atoms with Gasteiger partial charge in [-0.2, -0.15) is 0 Å². The molecule has 6 unspecified atom stereocenters. The third-order valence-corrected chi connectivity index (χ3v) is 13.0. The lowest BCUT2D eigenvalue weighted by Crippen LogP contribution is -2.13. The normalized spacial score (nSPS) is 21.8. The van der Waals surface area contributed by atoms with E-state index in [1.54, 1.807) is 12.1 Å². The van der Waals surface area contributed by atoms with Crippen LogP contribution in [-0.4, -0.2) is 31.8 Å². The summed E-state index contributed by atoms with van der Waals surface area (Å²) in [6, 6.07) is 41.1. The van der Waals surface area contributed by atoms with Crippen molar-refractivity contribution in [2.45, 2.75) is 51.7 Å². The van der Waals surface area contributed by atoms with Gasteiger partial charge in [0.1, 0.15) is 17.2 Å². The van der Waals surface area contributed by atoms with Crippen molar-refractivity contribution in [1.82, 2.24) is 15.0 Å². The van der Waals surface area contributed by atoms with Crippen LogP contribution in [0, 0.1) is 36.5 Å². The van der Waals surface area contributed by atoms with E-state index in [1.165, 1.54) is 22.3 Å². The molecule has 302 valence electrons. The smallest absolute Gasteiger partial charge is 0.124 e. The number of aromatic nitrogens is 3. The van der Waals surface area contributed by atoms with Crippen LogP contribution >= 0.6 is 0 Å². The summed E-state index contributed by atoms with van der Waals surface area (Å²) < 4.78 is 8.25. The highest BCUT2D eigenvalue weighted by Crippen LogP contribution is 2.48. The van der Waals surface area contributed by atoms with Gasteiger partial charge in [0.15, 0.2) is 0 Å². The number of nitrogens with zero attached hydrogens (tertiary/aromatic N) is 3. The number of hydrogen-bond donors (Lipinski definition) is 2. The van der Waals surface area contributed by atoms with Crippen molar-refractivity contribution < 1.29 is 14.9 Å². The average Bonchev–Trinajstić information content (AvgIpc) is 4.02. The molecule has 60 heavy (non-hydrogen) atoms. The van der Waals surface area contributed by atoms with Crippen LogP contribution in [-0.2, 0) is 17.9 Å². The standard InChI is InChI=1S/C54H53N3O3/c1-3-41-27-40(30-50(41)45-21-24-49-44(31-45)23-26-52(59)54(49)53-48-12-8-7-11-42(48)22-25-51(53)58)18-17-39-28-43(20-19-37-9-5-4-6-10-37)46(29-39)34-60-35-47-33-57(56-55-47)32-38-15-13-36(2)14-16-38/h3-26,31,33,39-41,43,46,50,58-59H,1,27-30,32,34-35H2,2H3/b18-17+,20-19+. The summed E-state index contributed by atoms with van der Waals surface area (Å²) in [5.74, 6) is 2.83. The zero-order valence-electron chi connectivity index (χ0n) is 34.3. The Morgan fingerprint density at radius 1 is 0.717 bits per heavy atom. The van der Waals surface area contributed by atoms with Crippen molar-refractivity contribution in [3.05, 3.63) is 186 Å². The molecule has 2 saturated carbocycles. The summed E-state index contributed by atoms with van der Waals surface area (Å²) in [7, 11) is 0. The molecule has 6 heteroatoms. The third kappa shape index (κ3) is 8.57. The molecule has 2 aliphatic carbocycles. The Hall–Kier alpha value is -6.24. The van der Waals surface area contributed by atoms with Crippen LogP contribution in [0.1, 0.15) is 59.5 Å². The van der Waals surface area contributed by atoms with Gasteiger partial charge in [0.25, 0.3) is 0 Å². The lowest BCUT2D eigenvalue weighted by atomic mass is 9.86. The van der Waals surface area contributed by atoms with E-state index in [4.69, 9.17) is 4.74 Å². The number of rotatable bonds is 13. The minimum absolute atomic E-state index is 0.160. The Morgan fingerprint density at radius 2 is 1.42 bits per heavy atom. The van der Waals surface area contributed by atoms with Gasteiger partial charge in [0.2, 0.25) is 0 Å². The first-order valence-electron chi connectivity index (χ1n) is 21.4. The van der Waals surface area contributed by atoms with Gasteiger partial charge in [0, 0.05) is 11.1 Å². The highest BCUT2D eigenvalue weighted by Gasteiger charge is 2.35. The van der Waals surface area contributed by atoms with E-state index in [9.17, 15) is 10.2 Å². The predicted octanol–water partition coefficient (Wildman–Crippen LogP) is 12.4. The van der Waals surface area contributed by atoms with E-state index in [0.29, 0.717) is 66.4 Å². The maximum absolute atomic E-state index is 11.2. The molecule has 6 nitrogen and oxygen atoms in total. The fraction of sp³-hybridized carbons (Fsp3) is 0.259. The van der Waals surface area contributed by atoms with Crippen molar-refractivity contribution in [2.75, 3.05) is 6.61 Å². The Labute approximate surface area is 353 Å². The Balaban J connectivity index is 0.879. The van der Waals surface area contributed by atoms with Crippen LogP contribution in [0.4, 0.5) is 0 Å². The number of aryl methyl sites for hydroxylation is 1. The molecule has 0 saturated heterocycles. The molecule has 6 aromatic carbocycles. The molecule has 2 fully saturated rings. The number of benzene rings is 6. The first-order valence-corrected chi connectivity index (χ1v) is 21.4. The summed E-state index contributed by atoms with van der Waals surface area (Å²) in [6.45, 7) is 8.21. The molecule has 0 amide bonds. The molecule has 0 aliphatic heterocycles. The Kier molecular flexibility index (Phi) is 11.5. The van der Waals surface area contributed by atoms with Gasteiger partial charge in [-0.3, -0.25) is 0 Å². The summed E-state index contributed by atoms with van der Waals surface area (Å²) in [5, 5.41) is 34.9. The fourth-order valence-electron chi connectivity index (χ4n) is 9.84. The van der Waals surface area contributed by atoms with Gasteiger partial charge in [-0.25, -0.2) is 4.68 Å². The first-order chi connectivity index (χ1) is 29.4. The molecule has 2 N–H and O–H groups in total. The van der Waals surface area contributed by atoms with Crippen LogP contribution in [0.2, 0.25) is 0 Å². The molecule has 9 rings (SSSR count). The molecule has 1 heterocycles. The highest BCUT2D eigenvalue weighted by atomic mass is 16.5. The molecule has 7 aromatic rings. The van der Waals surface area contributed by atoms with Crippen molar-refractivity contribution in [2.24, 2.45) is 29.6 Å². The number of ether oxygens (including phenoxy) is 1. The second-order valence-electron chi connectivity index (χ2n) is 17.1. The zero-order chi connectivity index (χ0) is 41.0. The van der Waals surface area contributed by atoms with E-state index < -0.39 is 0 Å². The molecule has 6 atom stereocenters. The summed E-state index contributed by atoms with van der Waals surface area (Å²) >= 11 is 0. The molecule has 0 spiro atoms. The van der Waals surface area contributed by atoms with Crippen LogP contribution in [0.3, 0.4) is 0 Å². The third-order valence-electron chi connectivity index (χ3n) is 13.0. The van der Waals surface area contributed by atoms with Crippen LogP contribution in [0.5, 0.6) is 11.5 Å². The van der Waals surface area contributed by atoms with Crippen molar-refractivity contribution >= 4 is 27.6 Å². The van der Waals surface area contributed by atoms with E-state index in [2.05, 4.69) is 127 Å². The van der Waals surface area contributed by atoms with Crippen LogP contribution < -0.4 is 0 Å². The minimum atomic E-state index is 0.160. The number of fused-ring (bicyclic) bond motifs is 2. The van der Waals surface area contributed by atoms with E-state index in [0.717, 1.165) is 52.9 Å². The maximum Gasteiger partial charge on any atom is 0.124 e. The maximum atomic E-state index is 11.2. The van der Waals surface area contributed by atoms with Crippen molar-refractivity contribution in [1.29, 1.82) is 0 Å². The lowest BCUT2D eigenvalue weighted by molar-refractivity contribution is 0.0778. The largest absolute Gasteiger partial charge is 0.507 e. The second kappa shape index (κ2) is 17.5. The summed E-state index contributed by atoms with van der Waals surface area (Å²) in [5.41, 5.74) is 7.15. The van der Waals surface area contributed by atoms with E-state index in [1.807, 2.05) is 47.3 Å². The highest BCUT2D eigenvalue weighted by molar-refractivity contribution is 6.09. The number of phenolic OH excluding ortho intramolecular Hbond substituents is 2. The van der Waals surface area contributed by atoms with Gasteiger partial charge >= 0.3 is 0 Å². The number of allylic oxidation sites excluding steroid dienone is 4. The lowest BCUT2D eigenvalue weighted by Gasteiger charge is -2.19. The topological polar surface area (TPSA) is 80.4 Å². The van der Waals surface area contributed by atoms with Gasteiger partial charge in [-0.05, 0) is 118 Å². The average molecular weight is 792 g/mol. The molecular weight excluding hydrogens is 739 g/mol. The number of phenols is 2. The summed E-state index contributed by atoms with van der Waals surface area (Å²) in [6.07, 6.45) is 18.2. The molecule has 0 bridgehead atoms. The molecule has 2 aliphatic rings. The van der Waals surface area contributed by atoms with Crippen molar-refractivity contribution in [3.8, 4) is 22.6 Å². The number of hydrogen-bond acceptors (Lipinski definition) is 5. The fourth-order valence-corrected chi connectivity index (χ4v) is 9.84. The summed E-state index contributed by atoms with van der Waals surface area (Å²) in [4.78, 5) is 0. The SMILES string of the molecule is C=CC1CC(/C=C/C2CC(/C=C/c3ccccc3)C(COCc3cn(Cc4ccc(C)cc4)nn3)C2)CC1c1ccc2c(-c3c(O)ccc4ccccc34)c(O)ccc2c1. The minimum Gasteiger partial charge on any atom is -0.507 e. The molecule has 1 aromatic heterocycles. The van der Waals surface area contributed by atoms with Gasteiger partial charge in [-0.1, -0.05) is 150 Å². The quantitative estimate of drug-likeness (QED) is 0.114. The van der Waals surface area contributed by atoms with Gasteiger partial charge < -0.3 is 14.9 Å². The monoisotopic (exact) mass is 791 g/mol. The van der Waals surface area contributed by atoms with Gasteiger partial charge in [-0.15, -0.1) is 11.7 Å². The second-order valence-corrected chi connectivity index (χ2v) is 17.1. The van der Waals surface area contributed by atoms with Crippen LogP contribution in [0.15, 0.2) is 158 Å².